The normalized spacial score (nSPS) is 16.7. The Bertz CT molecular complexity index is 459. The van der Waals surface area contributed by atoms with Crippen LogP contribution in [0.25, 0.3) is 0 Å². The van der Waals surface area contributed by atoms with Crippen LogP contribution in [0.2, 0.25) is 0 Å². The van der Waals surface area contributed by atoms with Crippen LogP contribution in [0, 0.1) is 19.8 Å². The molecular formula is C13H20N4O2. The van der Waals surface area contributed by atoms with Crippen LogP contribution in [-0.4, -0.2) is 40.7 Å². The summed E-state index contributed by atoms with van der Waals surface area (Å²) in [6, 6.07) is 0. The molecule has 3 N–H and O–H groups in total. The fraction of sp³-hybridized carbons (Fsp3) is 0.615. The molecule has 1 aliphatic heterocycles. The van der Waals surface area contributed by atoms with E-state index in [2.05, 4.69) is 14.9 Å². The molecule has 2 heterocycles. The molecule has 1 amide bonds. The molecule has 0 aromatic carbocycles. The first-order valence-corrected chi connectivity index (χ1v) is 6.53. The number of hydrogen-bond donors (Lipinski definition) is 2. The first-order chi connectivity index (χ1) is 9.02. The SMILES string of the molecule is Cc1nc(N2CCC(CO)CC2)nc(C)c1C(N)=O. The van der Waals surface area contributed by atoms with Gasteiger partial charge in [0, 0.05) is 19.7 Å². The van der Waals surface area contributed by atoms with Crippen molar-refractivity contribution in [2.24, 2.45) is 11.7 Å². The number of amides is 1. The van der Waals surface area contributed by atoms with Gasteiger partial charge in [0.15, 0.2) is 0 Å². The van der Waals surface area contributed by atoms with Crippen LogP contribution in [0.3, 0.4) is 0 Å². The Hall–Kier alpha value is -1.69. The summed E-state index contributed by atoms with van der Waals surface area (Å²) in [6.45, 7) is 5.46. The Balaban J connectivity index is 2.21. The molecule has 1 aromatic heterocycles. The van der Waals surface area contributed by atoms with Gasteiger partial charge in [-0.15, -0.1) is 0 Å². The van der Waals surface area contributed by atoms with Gasteiger partial charge in [-0.1, -0.05) is 0 Å². The number of rotatable bonds is 3. The Morgan fingerprint density at radius 2 is 1.84 bits per heavy atom. The largest absolute Gasteiger partial charge is 0.396 e. The van der Waals surface area contributed by atoms with E-state index in [0.29, 0.717) is 28.8 Å². The van der Waals surface area contributed by atoms with Crippen LogP contribution >= 0.6 is 0 Å². The smallest absolute Gasteiger partial charge is 0.252 e. The maximum Gasteiger partial charge on any atom is 0.252 e. The van der Waals surface area contributed by atoms with Crippen molar-refractivity contribution in [1.29, 1.82) is 0 Å². The molecule has 19 heavy (non-hydrogen) atoms. The topological polar surface area (TPSA) is 92.3 Å². The Morgan fingerprint density at radius 1 is 1.32 bits per heavy atom. The van der Waals surface area contributed by atoms with Crippen LogP contribution in [0.1, 0.15) is 34.6 Å². The summed E-state index contributed by atoms with van der Waals surface area (Å²) in [6.07, 6.45) is 1.88. The van der Waals surface area contributed by atoms with Crippen molar-refractivity contribution < 1.29 is 9.90 Å². The van der Waals surface area contributed by atoms with E-state index in [1.54, 1.807) is 13.8 Å². The summed E-state index contributed by atoms with van der Waals surface area (Å²) < 4.78 is 0. The van der Waals surface area contributed by atoms with E-state index in [0.717, 1.165) is 25.9 Å². The number of nitrogens with zero attached hydrogens (tertiary/aromatic N) is 3. The lowest BCUT2D eigenvalue weighted by atomic mass is 9.98. The summed E-state index contributed by atoms with van der Waals surface area (Å²) in [5.74, 6) is 0.542. The lowest BCUT2D eigenvalue weighted by Gasteiger charge is -2.31. The monoisotopic (exact) mass is 264 g/mol. The van der Waals surface area contributed by atoms with Crippen LogP contribution in [0.4, 0.5) is 5.95 Å². The van der Waals surface area contributed by atoms with Crippen molar-refractivity contribution in [2.75, 3.05) is 24.6 Å². The van der Waals surface area contributed by atoms with Crippen LogP contribution < -0.4 is 10.6 Å². The summed E-state index contributed by atoms with van der Waals surface area (Å²) in [4.78, 5) is 22.2. The van der Waals surface area contributed by atoms with Crippen molar-refractivity contribution in [3.8, 4) is 0 Å². The van der Waals surface area contributed by atoms with Crippen LogP contribution in [-0.2, 0) is 0 Å². The van der Waals surface area contributed by atoms with Crippen molar-refractivity contribution in [2.45, 2.75) is 26.7 Å². The predicted octanol–water partition coefficient (Wildman–Crippen LogP) is 0.401. The number of anilines is 1. The number of aliphatic hydroxyl groups excluding tert-OH is 1. The summed E-state index contributed by atoms with van der Waals surface area (Å²) >= 11 is 0. The van der Waals surface area contributed by atoms with Gasteiger partial charge in [-0.2, -0.15) is 0 Å². The van der Waals surface area contributed by atoms with Crippen molar-refractivity contribution in [1.82, 2.24) is 9.97 Å². The minimum atomic E-state index is -0.486. The third-order valence-electron chi connectivity index (χ3n) is 3.66. The second kappa shape index (κ2) is 5.52. The number of aromatic nitrogens is 2. The first kappa shape index (κ1) is 13.7. The molecule has 0 aliphatic carbocycles. The predicted molar refractivity (Wildman–Crippen MR) is 72.0 cm³/mol. The highest BCUT2D eigenvalue weighted by Gasteiger charge is 2.22. The van der Waals surface area contributed by atoms with Crippen LogP contribution in [0.5, 0.6) is 0 Å². The number of aryl methyl sites for hydroxylation is 2. The van der Waals surface area contributed by atoms with E-state index in [1.807, 2.05) is 0 Å². The van der Waals surface area contributed by atoms with Gasteiger partial charge in [0.05, 0.1) is 17.0 Å². The highest BCUT2D eigenvalue weighted by molar-refractivity contribution is 5.95. The fourth-order valence-corrected chi connectivity index (χ4v) is 2.51. The third kappa shape index (κ3) is 2.84. The van der Waals surface area contributed by atoms with E-state index in [4.69, 9.17) is 10.8 Å². The zero-order chi connectivity index (χ0) is 14.0. The molecule has 6 nitrogen and oxygen atoms in total. The average molecular weight is 264 g/mol. The molecule has 6 heteroatoms. The molecule has 1 saturated heterocycles. The summed E-state index contributed by atoms with van der Waals surface area (Å²) in [5, 5.41) is 9.13. The molecule has 0 saturated carbocycles. The standard InChI is InChI=1S/C13H20N4O2/c1-8-11(12(14)19)9(2)16-13(15-8)17-5-3-10(7-18)4-6-17/h10,18H,3-7H2,1-2H3,(H2,14,19). The second-order valence-corrected chi connectivity index (χ2v) is 5.05. The van der Waals surface area contributed by atoms with E-state index in [-0.39, 0.29) is 6.61 Å². The second-order valence-electron chi connectivity index (χ2n) is 5.05. The van der Waals surface area contributed by atoms with Gasteiger partial charge in [0.25, 0.3) is 5.91 Å². The number of primary amides is 1. The third-order valence-corrected chi connectivity index (χ3v) is 3.66. The van der Waals surface area contributed by atoms with Gasteiger partial charge in [0.2, 0.25) is 5.95 Å². The van der Waals surface area contributed by atoms with E-state index >= 15 is 0 Å². The number of nitrogens with two attached hydrogens (primary N) is 1. The lowest BCUT2D eigenvalue weighted by molar-refractivity contribution is 0.0998. The molecule has 0 atom stereocenters. The maximum absolute atomic E-state index is 11.3. The molecule has 104 valence electrons. The first-order valence-electron chi connectivity index (χ1n) is 6.53. The van der Waals surface area contributed by atoms with E-state index in [1.165, 1.54) is 0 Å². The Morgan fingerprint density at radius 3 is 2.26 bits per heavy atom. The number of carbonyl (C=O) groups is 1. The number of piperidine rings is 1. The summed E-state index contributed by atoms with van der Waals surface area (Å²) in [7, 11) is 0. The minimum absolute atomic E-state index is 0.243. The molecular weight excluding hydrogens is 244 g/mol. The lowest BCUT2D eigenvalue weighted by Crippen LogP contribution is -2.36. The molecule has 0 spiro atoms. The fourth-order valence-electron chi connectivity index (χ4n) is 2.51. The van der Waals surface area contributed by atoms with Gasteiger partial charge in [-0.3, -0.25) is 4.79 Å². The molecule has 0 radical (unpaired) electrons. The van der Waals surface area contributed by atoms with Gasteiger partial charge < -0.3 is 15.7 Å². The zero-order valence-electron chi connectivity index (χ0n) is 11.4. The average Bonchev–Trinajstić information content (AvgIpc) is 2.37. The molecule has 1 aromatic rings. The molecule has 1 aliphatic rings. The number of aliphatic hydroxyl groups is 1. The van der Waals surface area contributed by atoms with Crippen molar-refractivity contribution in [3.05, 3.63) is 17.0 Å². The van der Waals surface area contributed by atoms with Gasteiger partial charge in [0.1, 0.15) is 0 Å². The quantitative estimate of drug-likeness (QED) is 0.824. The number of hydrogen-bond acceptors (Lipinski definition) is 5. The molecule has 0 unspecified atom stereocenters. The van der Waals surface area contributed by atoms with Crippen molar-refractivity contribution >= 4 is 11.9 Å². The Labute approximate surface area is 112 Å². The minimum Gasteiger partial charge on any atom is -0.396 e. The van der Waals surface area contributed by atoms with E-state index < -0.39 is 5.91 Å². The van der Waals surface area contributed by atoms with Gasteiger partial charge >= 0.3 is 0 Å². The summed E-state index contributed by atoms with van der Waals surface area (Å²) in [5.41, 5.74) is 6.98. The van der Waals surface area contributed by atoms with Crippen LogP contribution in [0.15, 0.2) is 0 Å². The number of carbonyl (C=O) groups excluding carboxylic acids is 1. The highest BCUT2D eigenvalue weighted by atomic mass is 16.3. The van der Waals surface area contributed by atoms with Gasteiger partial charge in [-0.25, -0.2) is 9.97 Å². The molecule has 1 fully saturated rings. The maximum atomic E-state index is 11.3. The molecule has 2 rings (SSSR count). The zero-order valence-corrected chi connectivity index (χ0v) is 11.4. The van der Waals surface area contributed by atoms with E-state index in [9.17, 15) is 4.79 Å². The Kier molecular flexibility index (Phi) is 3.99. The van der Waals surface area contributed by atoms with Crippen molar-refractivity contribution in [3.63, 3.8) is 0 Å². The highest BCUT2D eigenvalue weighted by Crippen LogP contribution is 2.22. The molecule has 0 bridgehead atoms. The van der Waals surface area contributed by atoms with Gasteiger partial charge in [-0.05, 0) is 32.6 Å².